The average Bonchev–Trinajstić information content (AvgIpc) is 3.33. The van der Waals surface area contributed by atoms with E-state index in [1.807, 2.05) is 18.2 Å². The molecule has 1 aliphatic heterocycles. The summed E-state index contributed by atoms with van der Waals surface area (Å²) < 4.78 is 40.4. The van der Waals surface area contributed by atoms with Crippen molar-refractivity contribution in [3.05, 3.63) is 66.0 Å². The number of fused-ring (bicyclic) bond motifs is 2. The Hall–Kier alpha value is -3.16. The maximum atomic E-state index is 13.2. The normalized spacial score (nSPS) is 17.7. The molecule has 1 atom stereocenters. The first-order chi connectivity index (χ1) is 13.5. The lowest BCUT2D eigenvalue weighted by atomic mass is 9.97. The number of benzene rings is 2. The Labute approximate surface area is 158 Å². The van der Waals surface area contributed by atoms with Crippen LogP contribution in [-0.4, -0.2) is 26.4 Å². The van der Waals surface area contributed by atoms with Crippen LogP contribution in [0.3, 0.4) is 0 Å². The van der Waals surface area contributed by atoms with Gasteiger partial charge in [-0.05, 0) is 41.3 Å². The van der Waals surface area contributed by atoms with E-state index in [-0.39, 0.29) is 11.7 Å². The molecule has 1 saturated heterocycles. The second kappa shape index (κ2) is 6.19. The summed E-state index contributed by atoms with van der Waals surface area (Å²) in [6.45, 7) is 0.732. The molecule has 0 N–H and O–H groups in total. The van der Waals surface area contributed by atoms with Gasteiger partial charge >= 0.3 is 6.18 Å². The highest BCUT2D eigenvalue weighted by atomic mass is 19.4. The summed E-state index contributed by atoms with van der Waals surface area (Å²) in [5.74, 6) is -0.613. The largest absolute Gasteiger partial charge is 0.453 e. The fraction of sp³-hybridized carbons (Fsp3) is 0.250. The Kier molecular flexibility index (Phi) is 3.75. The van der Waals surface area contributed by atoms with Crippen LogP contribution in [0, 0.1) is 0 Å². The van der Waals surface area contributed by atoms with E-state index in [0.717, 1.165) is 40.2 Å². The van der Waals surface area contributed by atoms with Gasteiger partial charge in [-0.2, -0.15) is 17.7 Å². The van der Waals surface area contributed by atoms with Gasteiger partial charge in [-0.3, -0.25) is 0 Å². The molecule has 0 aliphatic carbocycles. The minimum atomic E-state index is -4.61. The van der Waals surface area contributed by atoms with E-state index < -0.39 is 12.0 Å². The highest BCUT2D eigenvalue weighted by molar-refractivity contribution is 5.86. The van der Waals surface area contributed by atoms with Crippen molar-refractivity contribution in [1.82, 2.24) is 19.8 Å². The zero-order valence-electron chi connectivity index (χ0n) is 14.8. The third kappa shape index (κ3) is 2.67. The Bertz CT molecular complexity index is 1160. The van der Waals surface area contributed by atoms with Gasteiger partial charge in [0, 0.05) is 6.54 Å². The second-order valence-corrected chi connectivity index (χ2v) is 6.90. The molecule has 5 nitrogen and oxygen atoms in total. The molecule has 1 aliphatic rings. The Morgan fingerprint density at radius 2 is 1.75 bits per heavy atom. The van der Waals surface area contributed by atoms with Crippen molar-refractivity contribution >= 4 is 22.2 Å². The molecule has 2 aromatic carbocycles. The van der Waals surface area contributed by atoms with Crippen LogP contribution in [0.25, 0.3) is 16.4 Å². The van der Waals surface area contributed by atoms with Crippen molar-refractivity contribution in [2.75, 3.05) is 11.4 Å². The molecular formula is C20H16F3N5. The number of nitrogens with zero attached hydrogens (tertiary/aromatic N) is 5. The number of hydrogen-bond acceptors (Lipinski definition) is 4. The smallest absolute Gasteiger partial charge is 0.348 e. The SMILES string of the molecule is FC(F)(F)c1nnc2ccc(N3CCCC3c3cccc4ccccc34)nn12. The average molecular weight is 383 g/mol. The lowest BCUT2D eigenvalue weighted by Crippen LogP contribution is -2.25. The van der Waals surface area contributed by atoms with Gasteiger partial charge in [-0.25, -0.2) is 0 Å². The van der Waals surface area contributed by atoms with Crippen molar-refractivity contribution < 1.29 is 13.2 Å². The Balaban J connectivity index is 1.60. The molecule has 0 radical (unpaired) electrons. The van der Waals surface area contributed by atoms with E-state index in [0.29, 0.717) is 5.82 Å². The van der Waals surface area contributed by atoms with Crippen LogP contribution in [-0.2, 0) is 6.18 Å². The summed E-state index contributed by atoms with van der Waals surface area (Å²) in [4.78, 5) is 2.07. The number of aromatic nitrogens is 4. The van der Waals surface area contributed by atoms with Crippen LogP contribution in [0.2, 0.25) is 0 Å². The van der Waals surface area contributed by atoms with Gasteiger partial charge in [-0.15, -0.1) is 15.3 Å². The maximum Gasteiger partial charge on any atom is 0.453 e. The molecule has 3 heterocycles. The third-order valence-electron chi connectivity index (χ3n) is 5.23. The molecule has 1 fully saturated rings. The molecule has 1 unspecified atom stereocenters. The molecule has 5 rings (SSSR count). The summed E-state index contributed by atoms with van der Waals surface area (Å²) >= 11 is 0. The molecular weight excluding hydrogens is 367 g/mol. The predicted octanol–water partition coefficient (Wildman–Crippen LogP) is 4.64. The second-order valence-electron chi connectivity index (χ2n) is 6.90. The molecule has 0 bridgehead atoms. The fourth-order valence-electron chi connectivity index (χ4n) is 4.01. The molecule has 8 heteroatoms. The van der Waals surface area contributed by atoms with Crippen LogP contribution in [0.5, 0.6) is 0 Å². The van der Waals surface area contributed by atoms with Crippen LogP contribution in [0.15, 0.2) is 54.6 Å². The lowest BCUT2D eigenvalue weighted by Gasteiger charge is -2.27. The van der Waals surface area contributed by atoms with Crippen LogP contribution < -0.4 is 4.90 Å². The number of hydrogen-bond donors (Lipinski definition) is 0. The van der Waals surface area contributed by atoms with Gasteiger partial charge < -0.3 is 4.90 Å². The summed E-state index contributed by atoms with van der Waals surface area (Å²) in [6.07, 6.45) is -2.74. The molecule has 0 amide bonds. The zero-order valence-corrected chi connectivity index (χ0v) is 14.8. The number of alkyl halides is 3. The van der Waals surface area contributed by atoms with Gasteiger partial charge in [0.1, 0.15) is 5.82 Å². The van der Waals surface area contributed by atoms with Gasteiger partial charge in [0.2, 0.25) is 0 Å². The molecule has 142 valence electrons. The molecule has 4 aromatic rings. The third-order valence-corrected chi connectivity index (χ3v) is 5.23. The van der Waals surface area contributed by atoms with Crippen molar-refractivity contribution in [2.45, 2.75) is 25.1 Å². The number of rotatable bonds is 2. The molecule has 2 aromatic heterocycles. The molecule has 0 spiro atoms. The summed E-state index contributed by atoms with van der Waals surface area (Å²) in [5, 5.41) is 13.4. The van der Waals surface area contributed by atoms with Crippen LogP contribution in [0.1, 0.15) is 30.3 Å². The zero-order chi connectivity index (χ0) is 19.3. The van der Waals surface area contributed by atoms with Crippen LogP contribution >= 0.6 is 0 Å². The quantitative estimate of drug-likeness (QED) is 0.506. The first-order valence-electron chi connectivity index (χ1n) is 9.06. The van der Waals surface area contributed by atoms with Crippen molar-refractivity contribution in [1.29, 1.82) is 0 Å². The molecule has 28 heavy (non-hydrogen) atoms. The maximum absolute atomic E-state index is 13.2. The highest BCUT2D eigenvalue weighted by Gasteiger charge is 2.38. The lowest BCUT2D eigenvalue weighted by molar-refractivity contribution is -0.146. The van der Waals surface area contributed by atoms with E-state index >= 15 is 0 Å². The standard InChI is InChI=1S/C20H16F3N5/c21-20(22,23)19-25-24-17-10-11-18(26-28(17)19)27-12-4-9-16(27)15-8-3-6-13-5-1-2-7-14(13)15/h1-3,5-8,10-11,16H,4,9,12H2. The number of anilines is 1. The first kappa shape index (κ1) is 17.0. The van der Waals surface area contributed by atoms with E-state index in [9.17, 15) is 13.2 Å². The van der Waals surface area contributed by atoms with Crippen molar-refractivity contribution in [3.63, 3.8) is 0 Å². The van der Waals surface area contributed by atoms with E-state index in [2.05, 4.69) is 44.5 Å². The predicted molar refractivity (Wildman–Crippen MR) is 99.1 cm³/mol. The monoisotopic (exact) mass is 383 g/mol. The van der Waals surface area contributed by atoms with Crippen molar-refractivity contribution in [2.24, 2.45) is 0 Å². The summed E-state index contributed by atoms with van der Waals surface area (Å²) in [6, 6.07) is 17.6. The van der Waals surface area contributed by atoms with Gasteiger partial charge in [0.15, 0.2) is 5.65 Å². The fourth-order valence-corrected chi connectivity index (χ4v) is 4.01. The first-order valence-corrected chi connectivity index (χ1v) is 9.06. The van der Waals surface area contributed by atoms with Crippen molar-refractivity contribution in [3.8, 4) is 0 Å². The van der Waals surface area contributed by atoms with Gasteiger partial charge in [0.25, 0.3) is 5.82 Å². The summed E-state index contributed by atoms with van der Waals surface area (Å²) in [5.41, 5.74) is 1.24. The minimum absolute atomic E-state index is 0.0573. The Morgan fingerprint density at radius 3 is 2.61 bits per heavy atom. The van der Waals surface area contributed by atoms with E-state index in [4.69, 9.17) is 0 Å². The van der Waals surface area contributed by atoms with E-state index in [1.54, 1.807) is 6.07 Å². The summed E-state index contributed by atoms with van der Waals surface area (Å²) in [7, 11) is 0. The number of halogens is 3. The van der Waals surface area contributed by atoms with E-state index in [1.165, 1.54) is 6.07 Å². The topological polar surface area (TPSA) is 46.3 Å². The van der Waals surface area contributed by atoms with Gasteiger partial charge in [-0.1, -0.05) is 42.5 Å². The molecule has 0 saturated carbocycles. The van der Waals surface area contributed by atoms with Crippen LogP contribution in [0.4, 0.5) is 19.0 Å². The minimum Gasteiger partial charge on any atom is -0.348 e. The Morgan fingerprint density at radius 1 is 0.929 bits per heavy atom. The highest BCUT2D eigenvalue weighted by Crippen LogP contribution is 2.38. The van der Waals surface area contributed by atoms with Gasteiger partial charge in [0.05, 0.1) is 6.04 Å².